The smallest absolute Gasteiger partial charge is 0.286 e. The Kier molecular flexibility index (Phi) is 4.06. The molecule has 0 aromatic carbocycles. The molecule has 1 fully saturated rings. The molecule has 1 unspecified atom stereocenters. The number of nitrogens with one attached hydrogen (secondary N) is 1. The minimum Gasteiger partial charge on any atom is -0.459 e. The summed E-state index contributed by atoms with van der Waals surface area (Å²) in [7, 11) is -2.79. The molecule has 0 aliphatic carbocycles. The van der Waals surface area contributed by atoms with Gasteiger partial charge in [0.05, 0.1) is 17.8 Å². The van der Waals surface area contributed by atoms with E-state index >= 15 is 0 Å². The Hall–Kier alpha value is -1.30. The molecule has 18 heavy (non-hydrogen) atoms. The Morgan fingerprint density at radius 2 is 2.33 bits per heavy atom. The molecule has 0 saturated carbocycles. The van der Waals surface area contributed by atoms with Gasteiger partial charge in [-0.25, -0.2) is 8.42 Å². The van der Waals surface area contributed by atoms with Crippen molar-refractivity contribution < 1.29 is 17.6 Å². The molecule has 1 aromatic heterocycles. The first kappa shape index (κ1) is 13.1. The Labute approximate surface area is 106 Å². The van der Waals surface area contributed by atoms with Crippen molar-refractivity contribution in [3.8, 4) is 0 Å². The van der Waals surface area contributed by atoms with Gasteiger partial charge in [-0.1, -0.05) is 0 Å². The van der Waals surface area contributed by atoms with Crippen molar-refractivity contribution in [2.24, 2.45) is 5.92 Å². The van der Waals surface area contributed by atoms with Gasteiger partial charge in [0.15, 0.2) is 15.6 Å². The van der Waals surface area contributed by atoms with E-state index in [9.17, 15) is 13.2 Å². The van der Waals surface area contributed by atoms with Gasteiger partial charge in [0, 0.05) is 6.54 Å². The molecule has 0 radical (unpaired) electrons. The molecule has 1 N–H and O–H groups in total. The standard InChI is InChI=1S/C12H17NO4S/c14-12(11-4-2-7-17-11)13-6-1-3-10-5-8-18(15,16)9-10/h2,4,7,10H,1,3,5-6,8-9H2,(H,13,14). The molecule has 1 saturated heterocycles. The lowest BCUT2D eigenvalue weighted by Gasteiger charge is -2.07. The van der Waals surface area contributed by atoms with E-state index in [1.54, 1.807) is 12.1 Å². The molecule has 1 aromatic rings. The third-order valence-corrected chi connectivity index (χ3v) is 4.98. The lowest BCUT2D eigenvalue weighted by molar-refractivity contribution is 0.0925. The SMILES string of the molecule is O=C(NCCCC1CCS(=O)(=O)C1)c1ccco1. The summed E-state index contributed by atoms with van der Waals surface area (Å²) in [5.74, 6) is 0.961. The molecule has 1 atom stereocenters. The van der Waals surface area contributed by atoms with Crippen LogP contribution in [0.15, 0.2) is 22.8 Å². The van der Waals surface area contributed by atoms with Crippen molar-refractivity contribution in [1.29, 1.82) is 0 Å². The first-order chi connectivity index (χ1) is 8.57. The van der Waals surface area contributed by atoms with Crippen molar-refractivity contribution >= 4 is 15.7 Å². The zero-order chi connectivity index (χ0) is 13.0. The van der Waals surface area contributed by atoms with E-state index < -0.39 is 9.84 Å². The quantitative estimate of drug-likeness (QED) is 0.817. The van der Waals surface area contributed by atoms with Crippen LogP contribution in [0.2, 0.25) is 0 Å². The van der Waals surface area contributed by atoms with Gasteiger partial charge in [0.1, 0.15) is 0 Å². The molecular weight excluding hydrogens is 254 g/mol. The highest BCUT2D eigenvalue weighted by atomic mass is 32.2. The van der Waals surface area contributed by atoms with Crippen LogP contribution in [0.3, 0.4) is 0 Å². The fourth-order valence-corrected chi connectivity index (χ4v) is 4.10. The van der Waals surface area contributed by atoms with Crippen LogP contribution < -0.4 is 5.32 Å². The van der Waals surface area contributed by atoms with E-state index in [2.05, 4.69) is 5.32 Å². The molecule has 2 heterocycles. The number of sulfone groups is 1. The molecule has 2 rings (SSSR count). The number of rotatable bonds is 5. The molecule has 6 heteroatoms. The third kappa shape index (κ3) is 3.60. The molecule has 5 nitrogen and oxygen atoms in total. The summed E-state index contributed by atoms with van der Waals surface area (Å²) in [6.07, 6.45) is 3.86. The van der Waals surface area contributed by atoms with E-state index in [0.717, 1.165) is 19.3 Å². The highest BCUT2D eigenvalue weighted by molar-refractivity contribution is 7.91. The molecule has 0 bridgehead atoms. The first-order valence-electron chi connectivity index (χ1n) is 6.09. The summed E-state index contributed by atoms with van der Waals surface area (Å²) < 4.78 is 27.5. The van der Waals surface area contributed by atoms with Gasteiger partial charge in [-0.2, -0.15) is 0 Å². The average molecular weight is 271 g/mol. The number of hydrogen-bond acceptors (Lipinski definition) is 4. The van der Waals surface area contributed by atoms with Crippen LogP contribution >= 0.6 is 0 Å². The Balaban J connectivity index is 1.64. The summed E-state index contributed by atoms with van der Waals surface area (Å²) in [6, 6.07) is 3.27. The average Bonchev–Trinajstić information content (AvgIpc) is 2.93. The highest BCUT2D eigenvalue weighted by Gasteiger charge is 2.27. The van der Waals surface area contributed by atoms with Crippen LogP contribution in [-0.2, 0) is 9.84 Å². The second kappa shape index (κ2) is 5.56. The van der Waals surface area contributed by atoms with Gasteiger partial charge < -0.3 is 9.73 Å². The van der Waals surface area contributed by atoms with E-state index in [1.165, 1.54) is 6.26 Å². The molecular formula is C12H17NO4S. The summed E-state index contributed by atoms with van der Waals surface area (Å²) in [5.41, 5.74) is 0. The van der Waals surface area contributed by atoms with Crippen LogP contribution in [0.4, 0.5) is 0 Å². The summed E-state index contributed by atoms with van der Waals surface area (Å²) in [5, 5.41) is 2.75. The molecule has 1 aliphatic heterocycles. The number of carbonyl (C=O) groups excluding carboxylic acids is 1. The number of hydrogen-bond donors (Lipinski definition) is 1. The predicted molar refractivity (Wildman–Crippen MR) is 67.0 cm³/mol. The van der Waals surface area contributed by atoms with Gasteiger partial charge in [-0.15, -0.1) is 0 Å². The maximum atomic E-state index is 11.5. The minimum absolute atomic E-state index is 0.223. The van der Waals surface area contributed by atoms with Crippen molar-refractivity contribution in [2.75, 3.05) is 18.1 Å². The van der Waals surface area contributed by atoms with Crippen molar-refractivity contribution in [2.45, 2.75) is 19.3 Å². The maximum absolute atomic E-state index is 11.5. The molecule has 1 amide bonds. The number of amides is 1. The second-order valence-electron chi connectivity index (χ2n) is 4.64. The van der Waals surface area contributed by atoms with E-state index in [1.807, 2.05) is 0 Å². The van der Waals surface area contributed by atoms with Crippen LogP contribution in [0.25, 0.3) is 0 Å². The molecule has 0 spiro atoms. The minimum atomic E-state index is -2.79. The van der Waals surface area contributed by atoms with E-state index in [-0.39, 0.29) is 11.8 Å². The van der Waals surface area contributed by atoms with Crippen molar-refractivity contribution in [1.82, 2.24) is 5.32 Å². The van der Waals surface area contributed by atoms with Crippen LogP contribution in [0.1, 0.15) is 29.8 Å². The van der Waals surface area contributed by atoms with Gasteiger partial charge in [-0.05, 0) is 37.3 Å². The number of furan rings is 1. The zero-order valence-corrected chi connectivity index (χ0v) is 10.9. The lowest BCUT2D eigenvalue weighted by Crippen LogP contribution is -2.24. The normalized spacial score (nSPS) is 21.9. The predicted octanol–water partition coefficient (Wildman–Crippen LogP) is 1.22. The highest BCUT2D eigenvalue weighted by Crippen LogP contribution is 2.22. The van der Waals surface area contributed by atoms with Gasteiger partial charge in [0.25, 0.3) is 5.91 Å². The fraction of sp³-hybridized carbons (Fsp3) is 0.583. The molecule has 100 valence electrons. The van der Waals surface area contributed by atoms with Gasteiger partial charge >= 0.3 is 0 Å². The van der Waals surface area contributed by atoms with Gasteiger partial charge in [-0.3, -0.25) is 4.79 Å². The monoisotopic (exact) mass is 271 g/mol. The summed E-state index contributed by atoms with van der Waals surface area (Å²) in [6.45, 7) is 0.552. The van der Waals surface area contributed by atoms with Crippen molar-refractivity contribution in [3.63, 3.8) is 0 Å². The lowest BCUT2D eigenvalue weighted by atomic mass is 10.0. The Morgan fingerprint density at radius 3 is 2.94 bits per heavy atom. The largest absolute Gasteiger partial charge is 0.459 e. The third-order valence-electron chi connectivity index (χ3n) is 3.15. The summed E-state index contributed by atoms with van der Waals surface area (Å²) >= 11 is 0. The Morgan fingerprint density at radius 1 is 1.50 bits per heavy atom. The first-order valence-corrected chi connectivity index (χ1v) is 7.91. The molecule has 1 aliphatic rings. The van der Waals surface area contributed by atoms with Crippen molar-refractivity contribution in [3.05, 3.63) is 24.2 Å². The maximum Gasteiger partial charge on any atom is 0.286 e. The second-order valence-corrected chi connectivity index (χ2v) is 6.87. The fourth-order valence-electron chi connectivity index (χ4n) is 2.19. The van der Waals surface area contributed by atoms with E-state index in [0.29, 0.717) is 23.8 Å². The van der Waals surface area contributed by atoms with Gasteiger partial charge in [0.2, 0.25) is 0 Å². The van der Waals surface area contributed by atoms with E-state index in [4.69, 9.17) is 4.42 Å². The van der Waals surface area contributed by atoms with Crippen LogP contribution in [0, 0.1) is 5.92 Å². The van der Waals surface area contributed by atoms with Crippen LogP contribution in [0.5, 0.6) is 0 Å². The topological polar surface area (TPSA) is 76.4 Å². The zero-order valence-electron chi connectivity index (χ0n) is 10.1. The van der Waals surface area contributed by atoms with Crippen LogP contribution in [-0.4, -0.2) is 32.4 Å². The Bertz CT molecular complexity index is 492. The summed E-state index contributed by atoms with van der Waals surface area (Å²) in [4.78, 5) is 11.5. The number of carbonyl (C=O) groups is 1.